The maximum absolute atomic E-state index is 12.6. The van der Waals surface area contributed by atoms with Crippen LogP contribution in [-0.4, -0.2) is 57.3 Å². The van der Waals surface area contributed by atoms with Crippen molar-refractivity contribution in [1.82, 2.24) is 5.32 Å². The molecule has 0 saturated carbocycles. The van der Waals surface area contributed by atoms with Crippen molar-refractivity contribution in [1.29, 1.82) is 0 Å². The molecule has 6 nitrogen and oxygen atoms in total. The summed E-state index contributed by atoms with van der Waals surface area (Å²) in [7, 11) is 0. The maximum atomic E-state index is 12.6. The molecule has 0 spiro atoms. The minimum Gasteiger partial charge on any atom is -0.394 e. The number of carbonyl (C=O) groups excluding carboxylic acids is 1. The van der Waals surface area contributed by atoms with Gasteiger partial charge in [0.15, 0.2) is 0 Å². The van der Waals surface area contributed by atoms with E-state index in [0.717, 1.165) is 51.4 Å². The second kappa shape index (κ2) is 57.4. The van der Waals surface area contributed by atoms with Crippen LogP contribution in [-0.2, 0) is 4.79 Å². The van der Waals surface area contributed by atoms with Crippen molar-refractivity contribution in [3.63, 3.8) is 0 Å². The van der Waals surface area contributed by atoms with E-state index in [0.29, 0.717) is 19.3 Å². The maximum Gasteiger partial charge on any atom is 0.249 e. The van der Waals surface area contributed by atoms with E-state index in [1.165, 1.54) is 244 Å². The highest BCUT2D eigenvalue weighted by Crippen LogP contribution is 2.18. The summed E-state index contributed by atoms with van der Waals surface area (Å²) in [6.07, 6.45) is 72.4. The van der Waals surface area contributed by atoms with Crippen LogP contribution in [0.2, 0.25) is 0 Å². The normalized spacial score (nSPS) is 13.9. The largest absolute Gasteiger partial charge is 0.394 e. The third-order valence-corrected chi connectivity index (χ3v) is 14.6. The zero-order chi connectivity index (χ0) is 50.2. The predicted molar refractivity (Wildman–Crippen MR) is 302 cm³/mol. The fourth-order valence-corrected chi connectivity index (χ4v) is 9.74. The summed E-state index contributed by atoms with van der Waals surface area (Å²) in [6.45, 7) is 4.08. The summed E-state index contributed by atoms with van der Waals surface area (Å²) in [4.78, 5) is 12.6. The Labute approximate surface area is 430 Å². The number of aliphatic hydroxyl groups excluding tert-OH is 4. The average Bonchev–Trinajstić information content (AvgIpc) is 3.35. The minimum atomic E-state index is -1.29. The number of unbranched alkanes of at least 4 members (excludes halogenated alkanes) is 42. The lowest BCUT2D eigenvalue weighted by Crippen LogP contribution is -2.53. The lowest BCUT2D eigenvalue weighted by molar-refractivity contribution is -0.132. The Balaban J connectivity index is 3.64. The van der Waals surface area contributed by atoms with E-state index < -0.39 is 36.9 Å². The number of nitrogens with one attached hydrogen (secondary N) is 1. The van der Waals surface area contributed by atoms with Crippen molar-refractivity contribution in [2.75, 3.05) is 6.61 Å². The van der Waals surface area contributed by atoms with Gasteiger partial charge in [0.2, 0.25) is 5.91 Å². The molecule has 1 amide bonds. The Morgan fingerprint density at radius 1 is 0.348 bits per heavy atom. The van der Waals surface area contributed by atoms with Crippen LogP contribution in [0.25, 0.3) is 0 Å². The third-order valence-electron chi connectivity index (χ3n) is 14.6. The number of amides is 1. The van der Waals surface area contributed by atoms with E-state index in [4.69, 9.17) is 0 Å². The van der Waals surface area contributed by atoms with Gasteiger partial charge in [-0.1, -0.05) is 301 Å². The van der Waals surface area contributed by atoms with Crippen LogP contribution in [0.15, 0.2) is 36.5 Å². The fourth-order valence-electron chi connectivity index (χ4n) is 9.74. The van der Waals surface area contributed by atoms with Gasteiger partial charge in [-0.05, 0) is 64.2 Å². The van der Waals surface area contributed by atoms with Gasteiger partial charge in [0.1, 0.15) is 12.2 Å². The first-order chi connectivity index (χ1) is 34.0. The molecule has 0 rings (SSSR count). The molecule has 0 aromatic heterocycles. The minimum absolute atomic E-state index is 0.362. The first-order valence-corrected chi connectivity index (χ1v) is 30.9. The molecule has 4 unspecified atom stereocenters. The Hall–Kier alpha value is -1.47. The first kappa shape index (κ1) is 67.5. The number of carbonyl (C=O) groups is 1. The summed E-state index contributed by atoms with van der Waals surface area (Å²) in [6, 6.07) is -1.01. The Morgan fingerprint density at radius 3 is 0.913 bits per heavy atom. The average molecular weight is 973 g/mol. The zero-order valence-corrected chi connectivity index (χ0v) is 46.3. The van der Waals surface area contributed by atoms with E-state index >= 15 is 0 Å². The Kier molecular flexibility index (Phi) is 56.2. The van der Waals surface area contributed by atoms with Crippen molar-refractivity contribution in [3.05, 3.63) is 36.5 Å². The van der Waals surface area contributed by atoms with Gasteiger partial charge in [0.25, 0.3) is 0 Å². The molecule has 0 bridgehead atoms. The first-order valence-electron chi connectivity index (χ1n) is 30.9. The summed E-state index contributed by atoms with van der Waals surface area (Å²) >= 11 is 0. The van der Waals surface area contributed by atoms with Crippen molar-refractivity contribution in [3.8, 4) is 0 Å². The van der Waals surface area contributed by atoms with E-state index in [2.05, 4.69) is 55.6 Å². The number of allylic oxidation sites excluding steroid dienone is 6. The van der Waals surface area contributed by atoms with E-state index in [9.17, 15) is 25.2 Å². The smallest absolute Gasteiger partial charge is 0.249 e. The topological polar surface area (TPSA) is 110 Å². The molecule has 4 atom stereocenters. The molecular weight excluding hydrogens is 851 g/mol. The predicted octanol–water partition coefficient (Wildman–Crippen LogP) is 18.4. The van der Waals surface area contributed by atoms with Crippen molar-refractivity contribution >= 4 is 5.91 Å². The third kappa shape index (κ3) is 51.2. The Bertz CT molecular complexity index is 1090. The number of hydrogen-bond donors (Lipinski definition) is 5. The second-order valence-corrected chi connectivity index (χ2v) is 21.4. The van der Waals surface area contributed by atoms with Gasteiger partial charge in [0, 0.05) is 0 Å². The van der Waals surface area contributed by atoms with Gasteiger partial charge in [-0.3, -0.25) is 4.79 Å². The standard InChI is InChI=1S/C63H121NO5/c1-3-5-7-9-11-13-15-17-19-21-23-25-27-29-30-31-33-35-37-39-41-43-45-47-49-51-53-55-57-61(67)63(69)64-59(58-65)62(68)60(66)56-54-52-50-48-46-44-42-40-38-36-34-32-28-26-24-22-20-18-16-14-12-10-8-6-4-2/h32,34,40,42,48,50,59-62,65-68H,3-31,33,35-39,41,43-47,49,51-58H2,1-2H3,(H,64,69)/b34-32+,42-40+,50-48+. The van der Waals surface area contributed by atoms with Crippen LogP contribution in [0.3, 0.4) is 0 Å². The SMILES string of the molecule is CCCCCCCCCCCCCC/C=C/CC/C=C/CC/C=C/CCCC(O)C(O)C(CO)NC(=O)C(O)CCCCCCCCCCCCCCCCCCCCCCCCCCCCCC. The molecule has 6 heteroatoms. The molecular formula is C63H121NO5. The lowest BCUT2D eigenvalue weighted by atomic mass is 10.00. The monoisotopic (exact) mass is 972 g/mol. The van der Waals surface area contributed by atoms with Crippen molar-refractivity contribution in [2.45, 2.75) is 353 Å². The summed E-state index contributed by atoms with van der Waals surface area (Å²) < 4.78 is 0. The number of aliphatic hydroxyl groups is 4. The van der Waals surface area contributed by atoms with Crippen LogP contribution in [0.4, 0.5) is 0 Å². The van der Waals surface area contributed by atoms with Crippen molar-refractivity contribution in [2.24, 2.45) is 0 Å². The highest BCUT2D eigenvalue weighted by Gasteiger charge is 2.28. The lowest BCUT2D eigenvalue weighted by Gasteiger charge is -2.27. The zero-order valence-electron chi connectivity index (χ0n) is 46.3. The molecule has 5 N–H and O–H groups in total. The molecule has 0 heterocycles. The quantitative estimate of drug-likeness (QED) is 0.0308. The summed E-state index contributed by atoms with van der Waals surface area (Å²) in [5.41, 5.74) is 0. The molecule has 0 aliphatic rings. The molecule has 0 aromatic carbocycles. The molecule has 0 aliphatic heterocycles. The fraction of sp³-hybridized carbons (Fsp3) is 0.889. The molecule has 0 fully saturated rings. The molecule has 69 heavy (non-hydrogen) atoms. The highest BCUT2D eigenvalue weighted by molar-refractivity contribution is 5.80. The van der Waals surface area contributed by atoms with Crippen LogP contribution < -0.4 is 5.32 Å². The van der Waals surface area contributed by atoms with Gasteiger partial charge in [0.05, 0.1) is 18.8 Å². The van der Waals surface area contributed by atoms with E-state index in [1.54, 1.807) is 0 Å². The summed E-state index contributed by atoms with van der Waals surface area (Å²) in [5, 5.41) is 44.0. The Morgan fingerprint density at radius 2 is 0.609 bits per heavy atom. The van der Waals surface area contributed by atoms with Gasteiger partial charge in [-0.25, -0.2) is 0 Å². The van der Waals surface area contributed by atoms with Crippen LogP contribution >= 0.6 is 0 Å². The molecule has 0 saturated heterocycles. The van der Waals surface area contributed by atoms with Gasteiger partial charge >= 0.3 is 0 Å². The highest BCUT2D eigenvalue weighted by atomic mass is 16.3. The van der Waals surface area contributed by atoms with Gasteiger partial charge in [-0.15, -0.1) is 0 Å². The number of rotatable bonds is 57. The number of hydrogen-bond acceptors (Lipinski definition) is 5. The van der Waals surface area contributed by atoms with Gasteiger partial charge < -0.3 is 25.7 Å². The molecule has 408 valence electrons. The van der Waals surface area contributed by atoms with Crippen LogP contribution in [0.5, 0.6) is 0 Å². The van der Waals surface area contributed by atoms with Crippen molar-refractivity contribution < 1.29 is 25.2 Å². The van der Waals surface area contributed by atoms with Crippen LogP contribution in [0, 0.1) is 0 Å². The van der Waals surface area contributed by atoms with E-state index in [1.807, 2.05) is 0 Å². The van der Waals surface area contributed by atoms with Crippen LogP contribution in [0.1, 0.15) is 328 Å². The molecule has 0 radical (unpaired) electrons. The van der Waals surface area contributed by atoms with E-state index in [-0.39, 0.29) is 0 Å². The summed E-state index contributed by atoms with van der Waals surface area (Å²) in [5.74, 6) is -0.594. The molecule has 0 aliphatic carbocycles. The second-order valence-electron chi connectivity index (χ2n) is 21.4. The molecule has 0 aromatic rings. The van der Waals surface area contributed by atoms with Gasteiger partial charge in [-0.2, -0.15) is 0 Å².